The zero-order valence-corrected chi connectivity index (χ0v) is 20.5. The summed E-state index contributed by atoms with van der Waals surface area (Å²) >= 11 is 0. The second-order valence-corrected chi connectivity index (χ2v) is 10.6. The van der Waals surface area contributed by atoms with Crippen molar-refractivity contribution in [2.75, 3.05) is 0 Å². The maximum Gasteiger partial charge on any atom is 0.429 e. The number of hydrogen-bond donors (Lipinski definition) is 3. The van der Waals surface area contributed by atoms with Gasteiger partial charge in [-0.25, -0.2) is 0 Å². The number of alkyl halides is 6. The van der Waals surface area contributed by atoms with Crippen molar-refractivity contribution in [1.82, 2.24) is 0 Å². The molecule has 202 valence electrons. The first-order chi connectivity index (χ1) is 16.5. The van der Waals surface area contributed by atoms with Crippen molar-refractivity contribution in [3.05, 3.63) is 59.3 Å². The Morgan fingerprint density at radius 3 is 2.39 bits per heavy atom. The molecule has 9 heteroatoms. The van der Waals surface area contributed by atoms with Crippen molar-refractivity contribution in [3.63, 3.8) is 0 Å². The van der Waals surface area contributed by atoms with E-state index in [9.17, 15) is 41.7 Å². The minimum atomic E-state index is -5.87. The summed E-state index contributed by atoms with van der Waals surface area (Å²) in [5.41, 5.74) is -1.56. The third kappa shape index (κ3) is 5.38. The predicted molar refractivity (Wildman–Crippen MR) is 125 cm³/mol. The van der Waals surface area contributed by atoms with E-state index in [4.69, 9.17) is 0 Å². The number of fused-ring (bicyclic) bond motifs is 1. The maximum absolute atomic E-state index is 12.9. The highest BCUT2D eigenvalue weighted by atomic mass is 19.4. The van der Waals surface area contributed by atoms with Gasteiger partial charge in [-0.1, -0.05) is 55.9 Å². The molecule has 5 atom stereocenters. The SMILES string of the molecule is C=C1/C(=C/C=C2/CCC[C@]3(C)C([C@H](C)C/C=C/C(O)(C(F)(F)F)C(F)(F)F)=CC[C@@H]23)C[C@@H](O)C[C@@H]1O. The van der Waals surface area contributed by atoms with Gasteiger partial charge in [0.25, 0.3) is 5.60 Å². The van der Waals surface area contributed by atoms with Crippen molar-refractivity contribution in [2.45, 2.75) is 89.0 Å². The molecule has 36 heavy (non-hydrogen) atoms. The van der Waals surface area contributed by atoms with E-state index in [-0.39, 0.29) is 36.2 Å². The van der Waals surface area contributed by atoms with Gasteiger partial charge in [0, 0.05) is 6.42 Å². The smallest absolute Gasteiger partial charge is 0.393 e. The van der Waals surface area contributed by atoms with E-state index >= 15 is 0 Å². The monoisotopic (exact) mass is 520 g/mol. The molecule has 3 rings (SSSR count). The van der Waals surface area contributed by atoms with E-state index in [1.807, 2.05) is 18.2 Å². The average molecular weight is 521 g/mol. The molecule has 3 N–H and O–H groups in total. The highest BCUT2D eigenvalue weighted by molar-refractivity contribution is 5.40. The van der Waals surface area contributed by atoms with Gasteiger partial charge in [0.1, 0.15) is 0 Å². The molecule has 3 aliphatic rings. The van der Waals surface area contributed by atoms with E-state index in [0.29, 0.717) is 12.0 Å². The standard InChI is InChI=1S/C27H34F6O3/c1-16(6-4-13-25(36,26(28,29)30)27(31,32)33)21-10-11-22-18(7-5-12-24(21,22)3)8-9-19-14-20(34)15-23(35)17(19)2/h4,8-10,13,16,20,22-23,34-36H,2,5-7,11-12,14-15H2,1,3H3/b13-4+,18-8-,19-9+/t16-,20-,22+,23+,24-/m1/s1. The van der Waals surface area contributed by atoms with Gasteiger partial charge in [0.15, 0.2) is 0 Å². The van der Waals surface area contributed by atoms with Gasteiger partial charge in [-0.05, 0) is 73.0 Å². The Bertz CT molecular complexity index is 957. The van der Waals surface area contributed by atoms with Gasteiger partial charge in [-0.2, -0.15) is 26.3 Å². The number of hydrogen-bond acceptors (Lipinski definition) is 3. The lowest BCUT2D eigenvalue weighted by molar-refractivity contribution is -0.347. The van der Waals surface area contributed by atoms with Gasteiger partial charge in [-0.15, -0.1) is 0 Å². The fourth-order valence-corrected chi connectivity index (χ4v) is 6.00. The molecule has 0 aromatic carbocycles. The lowest BCUT2D eigenvalue weighted by Gasteiger charge is -2.42. The highest BCUT2D eigenvalue weighted by Gasteiger charge is 2.68. The van der Waals surface area contributed by atoms with Gasteiger partial charge in [0.05, 0.1) is 12.2 Å². The van der Waals surface area contributed by atoms with Crippen LogP contribution in [0.1, 0.15) is 58.8 Å². The van der Waals surface area contributed by atoms with Crippen molar-refractivity contribution >= 4 is 0 Å². The van der Waals surface area contributed by atoms with Crippen molar-refractivity contribution in [2.24, 2.45) is 17.3 Å². The zero-order valence-electron chi connectivity index (χ0n) is 20.5. The third-order valence-corrected chi connectivity index (χ3v) is 8.12. The summed E-state index contributed by atoms with van der Waals surface area (Å²) in [5.74, 6) is -0.151. The van der Waals surface area contributed by atoms with Crippen LogP contribution in [0.5, 0.6) is 0 Å². The Labute approximate surface area is 207 Å². The Morgan fingerprint density at radius 1 is 1.14 bits per heavy atom. The van der Waals surface area contributed by atoms with Crippen LogP contribution < -0.4 is 0 Å². The van der Waals surface area contributed by atoms with Crippen LogP contribution in [0.4, 0.5) is 26.3 Å². The lowest BCUT2D eigenvalue weighted by Crippen LogP contribution is -2.55. The first kappa shape index (κ1) is 28.7. The predicted octanol–water partition coefficient (Wildman–Crippen LogP) is 6.49. The Balaban J connectivity index is 1.76. The second kappa shape index (κ2) is 10.1. The maximum atomic E-state index is 12.9. The van der Waals surface area contributed by atoms with Gasteiger partial charge in [0.2, 0.25) is 0 Å². The molecule has 2 saturated carbocycles. The Morgan fingerprint density at radius 2 is 1.78 bits per heavy atom. The number of halogens is 6. The Kier molecular flexibility index (Phi) is 8.09. The van der Waals surface area contributed by atoms with Crippen molar-refractivity contribution < 1.29 is 41.7 Å². The van der Waals surface area contributed by atoms with Crippen LogP contribution in [0.2, 0.25) is 0 Å². The summed E-state index contributed by atoms with van der Waals surface area (Å²) in [6.07, 6.45) is -2.69. The van der Waals surface area contributed by atoms with Crippen LogP contribution in [0, 0.1) is 17.3 Å². The van der Waals surface area contributed by atoms with E-state index in [0.717, 1.165) is 42.9 Å². The largest absolute Gasteiger partial charge is 0.429 e. The summed E-state index contributed by atoms with van der Waals surface area (Å²) in [4.78, 5) is 0. The van der Waals surface area contributed by atoms with Crippen LogP contribution in [-0.4, -0.2) is 45.5 Å². The lowest BCUT2D eigenvalue weighted by atomic mass is 9.62. The first-order valence-electron chi connectivity index (χ1n) is 12.2. The zero-order chi connectivity index (χ0) is 27.1. The summed E-state index contributed by atoms with van der Waals surface area (Å²) in [6, 6.07) is 0. The van der Waals surface area contributed by atoms with Gasteiger partial charge in [-0.3, -0.25) is 0 Å². The highest BCUT2D eigenvalue weighted by Crippen LogP contribution is 2.57. The molecule has 0 heterocycles. The minimum absolute atomic E-state index is 0.0681. The van der Waals surface area contributed by atoms with Crippen LogP contribution in [0.15, 0.2) is 59.3 Å². The topological polar surface area (TPSA) is 60.7 Å². The van der Waals surface area contributed by atoms with Crippen LogP contribution in [-0.2, 0) is 0 Å². The molecule has 3 nitrogen and oxygen atoms in total. The number of aliphatic hydroxyl groups is 3. The average Bonchev–Trinajstić information content (AvgIpc) is 3.11. The molecule has 0 unspecified atom stereocenters. The van der Waals surface area contributed by atoms with Crippen LogP contribution in [0.3, 0.4) is 0 Å². The summed E-state index contributed by atoms with van der Waals surface area (Å²) < 4.78 is 77.7. The molecule has 0 aromatic rings. The van der Waals surface area contributed by atoms with Gasteiger partial charge < -0.3 is 15.3 Å². The molecule has 0 bridgehead atoms. The Hall–Kier alpha value is -1.84. The molecule has 0 radical (unpaired) electrons. The van der Waals surface area contributed by atoms with Crippen molar-refractivity contribution in [3.8, 4) is 0 Å². The van der Waals surface area contributed by atoms with E-state index in [2.05, 4.69) is 13.5 Å². The molecule has 0 aromatic heterocycles. The molecule has 2 fully saturated rings. The quantitative estimate of drug-likeness (QED) is 0.287. The fourth-order valence-electron chi connectivity index (χ4n) is 6.00. The van der Waals surface area contributed by atoms with E-state index in [1.54, 1.807) is 6.92 Å². The molecular formula is C27H34F6O3. The number of rotatable bonds is 5. The molecule has 0 saturated heterocycles. The molecule has 0 spiro atoms. The minimum Gasteiger partial charge on any atom is -0.393 e. The summed E-state index contributed by atoms with van der Waals surface area (Å²) in [5, 5.41) is 29.4. The van der Waals surface area contributed by atoms with E-state index in [1.165, 1.54) is 5.57 Å². The third-order valence-electron chi connectivity index (χ3n) is 8.12. The molecule has 3 aliphatic carbocycles. The van der Waals surface area contributed by atoms with Crippen molar-refractivity contribution in [1.29, 1.82) is 0 Å². The fraction of sp³-hybridized carbons (Fsp3) is 0.630. The van der Waals surface area contributed by atoms with Gasteiger partial charge >= 0.3 is 12.4 Å². The number of aliphatic hydroxyl groups excluding tert-OH is 2. The molecule has 0 amide bonds. The summed E-state index contributed by atoms with van der Waals surface area (Å²) in [7, 11) is 0. The molecule has 0 aliphatic heterocycles. The van der Waals surface area contributed by atoms with E-state index < -0.39 is 30.2 Å². The number of allylic oxidation sites excluding steroid dienone is 6. The summed E-state index contributed by atoms with van der Waals surface area (Å²) in [6.45, 7) is 7.80. The van der Waals surface area contributed by atoms with Crippen LogP contribution in [0.25, 0.3) is 0 Å². The second-order valence-electron chi connectivity index (χ2n) is 10.6. The van der Waals surface area contributed by atoms with Crippen LogP contribution >= 0.6 is 0 Å². The molecular weight excluding hydrogens is 486 g/mol. The normalized spacial score (nSPS) is 33.4. The first-order valence-corrected chi connectivity index (χ1v) is 12.2.